The highest BCUT2D eigenvalue weighted by atomic mass is 32.2. The Balaban J connectivity index is 1.89. The minimum absolute atomic E-state index is 0.0203. The molecule has 6 heteroatoms. The molecular formula is C17H18FNO3S. The van der Waals surface area contributed by atoms with Crippen molar-refractivity contribution in [3.8, 4) is 5.75 Å². The van der Waals surface area contributed by atoms with Crippen molar-refractivity contribution in [2.24, 2.45) is 0 Å². The maximum Gasteiger partial charge on any atom is 0.241 e. The van der Waals surface area contributed by atoms with E-state index >= 15 is 0 Å². The number of ether oxygens (including phenoxy) is 1. The summed E-state index contributed by atoms with van der Waals surface area (Å²) in [4.78, 5) is -0.0983. The molecule has 0 fully saturated rings. The molecule has 3 rings (SSSR count). The molecule has 0 unspecified atom stereocenters. The van der Waals surface area contributed by atoms with Gasteiger partial charge in [-0.3, -0.25) is 0 Å². The van der Waals surface area contributed by atoms with Crippen LogP contribution < -0.4 is 9.46 Å². The lowest BCUT2D eigenvalue weighted by Gasteiger charge is -2.26. The summed E-state index contributed by atoms with van der Waals surface area (Å²) in [5.74, 6) is -0.675. The monoisotopic (exact) mass is 335 g/mol. The van der Waals surface area contributed by atoms with E-state index in [1.54, 1.807) is 0 Å². The number of nitrogens with one attached hydrogen (secondary N) is 1. The van der Waals surface area contributed by atoms with Gasteiger partial charge < -0.3 is 4.74 Å². The molecule has 0 saturated heterocycles. The molecular weight excluding hydrogens is 317 g/mol. The van der Waals surface area contributed by atoms with Crippen molar-refractivity contribution in [2.45, 2.75) is 30.2 Å². The van der Waals surface area contributed by atoms with Crippen molar-refractivity contribution in [1.29, 1.82) is 0 Å². The predicted molar refractivity (Wildman–Crippen MR) is 85.4 cm³/mol. The number of halogens is 1. The van der Waals surface area contributed by atoms with Crippen LogP contribution in [0.2, 0.25) is 0 Å². The first-order valence-corrected chi connectivity index (χ1v) is 8.93. The SMILES string of the molecule is COc1ccc(S(=O)(=O)N[C@H]2CCCc3ccccc32)cc1F. The maximum atomic E-state index is 13.8. The number of sulfonamides is 1. The molecule has 4 nitrogen and oxygen atoms in total. The molecule has 0 amide bonds. The molecule has 0 aliphatic heterocycles. The number of hydrogen-bond donors (Lipinski definition) is 1. The first kappa shape index (κ1) is 16.0. The molecule has 0 heterocycles. The fourth-order valence-electron chi connectivity index (χ4n) is 2.95. The van der Waals surface area contributed by atoms with Crippen molar-refractivity contribution in [1.82, 2.24) is 4.72 Å². The van der Waals surface area contributed by atoms with E-state index in [1.807, 2.05) is 24.3 Å². The third-order valence-electron chi connectivity index (χ3n) is 4.10. The molecule has 0 aromatic heterocycles. The number of hydrogen-bond acceptors (Lipinski definition) is 3. The Morgan fingerprint density at radius 1 is 1.22 bits per heavy atom. The normalized spacial score (nSPS) is 17.6. The van der Waals surface area contributed by atoms with Gasteiger partial charge in [-0.2, -0.15) is 0 Å². The predicted octanol–water partition coefficient (Wildman–Crippen LogP) is 3.19. The van der Waals surface area contributed by atoms with E-state index in [0.717, 1.165) is 36.5 Å². The lowest BCUT2D eigenvalue weighted by atomic mass is 9.88. The van der Waals surface area contributed by atoms with Gasteiger partial charge in [0.2, 0.25) is 10.0 Å². The van der Waals surface area contributed by atoms with E-state index in [9.17, 15) is 12.8 Å². The molecule has 2 aromatic carbocycles. The van der Waals surface area contributed by atoms with Crippen molar-refractivity contribution in [3.63, 3.8) is 0 Å². The summed E-state index contributed by atoms with van der Waals surface area (Å²) in [5, 5.41) is 0. The number of rotatable bonds is 4. The van der Waals surface area contributed by atoms with Crippen molar-refractivity contribution >= 4 is 10.0 Å². The highest BCUT2D eigenvalue weighted by molar-refractivity contribution is 7.89. The van der Waals surface area contributed by atoms with Crippen LogP contribution in [-0.4, -0.2) is 15.5 Å². The summed E-state index contributed by atoms with van der Waals surface area (Å²) in [6.07, 6.45) is 2.60. The molecule has 1 aliphatic carbocycles. The molecule has 0 spiro atoms. The lowest BCUT2D eigenvalue weighted by Crippen LogP contribution is -2.31. The fraction of sp³-hybridized carbons (Fsp3) is 0.294. The van der Waals surface area contributed by atoms with E-state index in [4.69, 9.17) is 4.74 Å². The highest BCUT2D eigenvalue weighted by Crippen LogP contribution is 2.31. The van der Waals surface area contributed by atoms with Crippen molar-refractivity contribution in [3.05, 3.63) is 59.4 Å². The average Bonchev–Trinajstić information content (AvgIpc) is 2.55. The van der Waals surface area contributed by atoms with Crippen molar-refractivity contribution < 1.29 is 17.5 Å². The highest BCUT2D eigenvalue weighted by Gasteiger charge is 2.26. The van der Waals surface area contributed by atoms with Crippen LogP contribution in [0.25, 0.3) is 0 Å². The quantitative estimate of drug-likeness (QED) is 0.933. The molecule has 1 atom stereocenters. The summed E-state index contributed by atoms with van der Waals surface area (Å²) in [6.45, 7) is 0. The zero-order valence-corrected chi connectivity index (χ0v) is 13.6. The van der Waals surface area contributed by atoms with E-state index in [1.165, 1.54) is 19.2 Å². The summed E-state index contributed by atoms with van der Waals surface area (Å²) < 4.78 is 46.4. The Hall–Kier alpha value is -1.92. The summed E-state index contributed by atoms with van der Waals surface area (Å²) in [6, 6.07) is 11.2. The van der Waals surface area contributed by atoms with Crippen LogP contribution in [0.1, 0.15) is 30.0 Å². The molecule has 122 valence electrons. The summed E-state index contributed by atoms with van der Waals surface area (Å²) in [5.41, 5.74) is 2.16. The minimum Gasteiger partial charge on any atom is -0.494 e. The van der Waals surface area contributed by atoms with Crippen LogP contribution >= 0.6 is 0 Å². The van der Waals surface area contributed by atoms with Crippen LogP contribution in [0.3, 0.4) is 0 Å². The van der Waals surface area contributed by atoms with Gasteiger partial charge in [-0.1, -0.05) is 24.3 Å². The van der Waals surface area contributed by atoms with Crippen LogP contribution in [0.4, 0.5) is 4.39 Å². The van der Waals surface area contributed by atoms with Gasteiger partial charge in [-0.25, -0.2) is 17.5 Å². The topological polar surface area (TPSA) is 55.4 Å². The van der Waals surface area contributed by atoms with Gasteiger partial charge in [0.15, 0.2) is 11.6 Å². The zero-order chi connectivity index (χ0) is 16.4. The average molecular weight is 335 g/mol. The van der Waals surface area contributed by atoms with Gasteiger partial charge in [-0.15, -0.1) is 0 Å². The maximum absolute atomic E-state index is 13.8. The molecule has 0 bridgehead atoms. The number of aryl methyl sites for hydroxylation is 1. The van der Waals surface area contributed by atoms with Gasteiger partial charge in [0.25, 0.3) is 0 Å². The molecule has 2 aromatic rings. The second-order valence-electron chi connectivity index (χ2n) is 5.56. The lowest BCUT2D eigenvalue weighted by molar-refractivity contribution is 0.385. The Labute approximate surface area is 135 Å². The number of benzene rings is 2. The van der Waals surface area contributed by atoms with Crippen LogP contribution in [0, 0.1) is 5.82 Å². The molecule has 0 saturated carbocycles. The minimum atomic E-state index is -3.80. The van der Waals surface area contributed by atoms with Gasteiger partial charge >= 0.3 is 0 Å². The number of fused-ring (bicyclic) bond motifs is 1. The first-order valence-electron chi connectivity index (χ1n) is 7.45. The number of methoxy groups -OCH3 is 1. The molecule has 1 aliphatic rings. The third kappa shape index (κ3) is 3.23. The third-order valence-corrected chi connectivity index (χ3v) is 5.57. The standard InChI is InChI=1S/C17H18FNO3S/c1-22-17-10-9-13(11-15(17)18)23(20,21)19-16-8-4-6-12-5-2-3-7-14(12)16/h2-3,5,7,9-11,16,19H,4,6,8H2,1H3/t16-/m0/s1. The van der Waals surface area contributed by atoms with E-state index in [0.29, 0.717) is 0 Å². The van der Waals surface area contributed by atoms with Crippen molar-refractivity contribution in [2.75, 3.05) is 7.11 Å². The summed E-state index contributed by atoms with van der Waals surface area (Å²) >= 11 is 0. The Bertz CT molecular complexity index is 820. The Morgan fingerprint density at radius 3 is 2.74 bits per heavy atom. The second-order valence-corrected chi connectivity index (χ2v) is 7.28. The van der Waals surface area contributed by atoms with Crippen LogP contribution in [0.5, 0.6) is 5.75 Å². The molecule has 0 radical (unpaired) electrons. The van der Waals surface area contributed by atoms with Gasteiger partial charge in [0, 0.05) is 6.04 Å². The fourth-order valence-corrected chi connectivity index (χ4v) is 4.21. The smallest absolute Gasteiger partial charge is 0.241 e. The zero-order valence-electron chi connectivity index (χ0n) is 12.8. The summed E-state index contributed by atoms with van der Waals surface area (Å²) in [7, 11) is -2.46. The Morgan fingerprint density at radius 2 is 2.00 bits per heavy atom. The second kappa shape index (κ2) is 6.29. The van der Waals surface area contributed by atoms with E-state index in [2.05, 4.69) is 4.72 Å². The van der Waals surface area contributed by atoms with E-state index in [-0.39, 0.29) is 16.7 Å². The Kier molecular flexibility index (Phi) is 4.37. The van der Waals surface area contributed by atoms with E-state index < -0.39 is 15.8 Å². The molecule has 1 N–H and O–H groups in total. The van der Waals surface area contributed by atoms with Crippen LogP contribution in [0.15, 0.2) is 47.4 Å². The van der Waals surface area contributed by atoms with Gasteiger partial charge in [0.05, 0.1) is 12.0 Å². The van der Waals surface area contributed by atoms with Gasteiger partial charge in [0.1, 0.15) is 0 Å². The van der Waals surface area contributed by atoms with Crippen LogP contribution in [-0.2, 0) is 16.4 Å². The largest absolute Gasteiger partial charge is 0.494 e. The first-order chi connectivity index (χ1) is 11.0. The van der Waals surface area contributed by atoms with Gasteiger partial charge in [-0.05, 0) is 48.6 Å². The molecule has 23 heavy (non-hydrogen) atoms.